The minimum atomic E-state index is -0.567. The fourth-order valence-corrected chi connectivity index (χ4v) is 1.35. The second-order valence-corrected chi connectivity index (χ2v) is 3.31. The molecule has 1 aromatic carbocycles. The Bertz CT molecular complexity index is 496. The smallest absolute Gasteiger partial charge is 0.229 e. The van der Waals surface area contributed by atoms with Gasteiger partial charge in [-0.3, -0.25) is 0 Å². The molecule has 2 aromatic rings. The number of benzene rings is 1. The van der Waals surface area contributed by atoms with Gasteiger partial charge in [-0.05, 0) is 24.7 Å². The largest absolute Gasteiger partial charge is 0.444 e. The highest BCUT2D eigenvalue weighted by atomic mass is 19.1. The van der Waals surface area contributed by atoms with Crippen LogP contribution in [0.4, 0.5) is 8.78 Å². The van der Waals surface area contributed by atoms with Crippen LogP contribution in [0, 0.1) is 11.6 Å². The van der Waals surface area contributed by atoms with Crippen LogP contribution in [-0.2, 0) is 6.42 Å². The van der Waals surface area contributed by atoms with Crippen molar-refractivity contribution in [1.82, 2.24) is 4.98 Å². The van der Waals surface area contributed by atoms with Crippen LogP contribution in [0.3, 0.4) is 0 Å². The van der Waals surface area contributed by atoms with E-state index in [1.807, 2.05) is 0 Å². The Morgan fingerprint density at radius 1 is 1.31 bits per heavy atom. The molecule has 5 heteroatoms. The number of hydrogen-bond acceptors (Lipinski definition) is 3. The number of rotatable bonds is 3. The van der Waals surface area contributed by atoms with E-state index in [1.165, 1.54) is 6.26 Å². The van der Waals surface area contributed by atoms with Gasteiger partial charge in [0.2, 0.25) is 5.89 Å². The first-order valence-corrected chi connectivity index (χ1v) is 4.80. The third kappa shape index (κ3) is 2.09. The molecule has 0 aliphatic carbocycles. The Balaban J connectivity index is 2.38. The lowest BCUT2D eigenvalue weighted by molar-refractivity contribution is 0.555. The van der Waals surface area contributed by atoms with Crippen molar-refractivity contribution in [2.75, 3.05) is 6.54 Å². The summed E-state index contributed by atoms with van der Waals surface area (Å²) in [4.78, 5) is 4.02. The topological polar surface area (TPSA) is 52.0 Å². The van der Waals surface area contributed by atoms with E-state index in [0.717, 1.165) is 18.2 Å². The second-order valence-electron chi connectivity index (χ2n) is 3.31. The molecule has 0 atom stereocenters. The first kappa shape index (κ1) is 10.8. The molecule has 0 saturated carbocycles. The lowest BCUT2D eigenvalue weighted by Crippen LogP contribution is -2.02. The maximum Gasteiger partial charge on any atom is 0.229 e. The van der Waals surface area contributed by atoms with E-state index >= 15 is 0 Å². The van der Waals surface area contributed by atoms with E-state index < -0.39 is 11.6 Å². The monoisotopic (exact) mass is 224 g/mol. The van der Waals surface area contributed by atoms with Gasteiger partial charge in [0.25, 0.3) is 0 Å². The molecule has 0 saturated heterocycles. The van der Waals surface area contributed by atoms with Crippen molar-refractivity contribution in [3.05, 3.63) is 41.8 Å². The van der Waals surface area contributed by atoms with Crippen LogP contribution in [0.25, 0.3) is 11.5 Å². The molecular weight excluding hydrogens is 214 g/mol. The Kier molecular flexibility index (Phi) is 2.96. The van der Waals surface area contributed by atoms with Gasteiger partial charge in [-0.2, -0.15) is 0 Å². The molecule has 3 nitrogen and oxygen atoms in total. The molecule has 0 aliphatic heterocycles. The van der Waals surface area contributed by atoms with Gasteiger partial charge in [-0.25, -0.2) is 13.8 Å². The average Bonchev–Trinajstić information content (AvgIpc) is 2.71. The van der Waals surface area contributed by atoms with Crippen LogP contribution in [0.5, 0.6) is 0 Å². The number of oxazole rings is 1. The number of halogens is 2. The zero-order chi connectivity index (χ0) is 11.5. The van der Waals surface area contributed by atoms with E-state index in [2.05, 4.69) is 4.98 Å². The van der Waals surface area contributed by atoms with Gasteiger partial charge in [0.05, 0.1) is 11.3 Å². The molecule has 1 aromatic heterocycles. The van der Waals surface area contributed by atoms with Gasteiger partial charge in [-0.15, -0.1) is 0 Å². The van der Waals surface area contributed by atoms with Gasteiger partial charge in [0, 0.05) is 6.42 Å². The zero-order valence-electron chi connectivity index (χ0n) is 8.41. The van der Waals surface area contributed by atoms with E-state index in [-0.39, 0.29) is 11.5 Å². The molecule has 1 heterocycles. The predicted molar refractivity (Wildman–Crippen MR) is 54.6 cm³/mol. The fourth-order valence-electron chi connectivity index (χ4n) is 1.35. The van der Waals surface area contributed by atoms with Gasteiger partial charge in [0.15, 0.2) is 0 Å². The van der Waals surface area contributed by atoms with Crippen LogP contribution in [0.1, 0.15) is 5.69 Å². The lowest BCUT2D eigenvalue weighted by atomic mass is 10.2. The van der Waals surface area contributed by atoms with E-state index in [4.69, 9.17) is 10.2 Å². The van der Waals surface area contributed by atoms with Gasteiger partial charge >= 0.3 is 0 Å². The Morgan fingerprint density at radius 3 is 2.88 bits per heavy atom. The Labute approximate surface area is 90.9 Å². The number of nitrogens with two attached hydrogens (primary N) is 1. The van der Waals surface area contributed by atoms with Crippen molar-refractivity contribution in [1.29, 1.82) is 0 Å². The SMILES string of the molecule is NCCc1coc(-c2cc(F)ccc2F)n1. The van der Waals surface area contributed by atoms with Crippen molar-refractivity contribution in [3.8, 4) is 11.5 Å². The van der Waals surface area contributed by atoms with E-state index in [1.54, 1.807) is 0 Å². The van der Waals surface area contributed by atoms with Crippen molar-refractivity contribution in [2.45, 2.75) is 6.42 Å². The summed E-state index contributed by atoms with van der Waals surface area (Å²) in [5.41, 5.74) is 5.99. The van der Waals surface area contributed by atoms with E-state index in [9.17, 15) is 8.78 Å². The molecule has 0 unspecified atom stereocenters. The standard InChI is InChI=1S/C11H10F2N2O/c12-7-1-2-10(13)9(5-7)11-15-8(3-4-14)6-16-11/h1-2,5-6H,3-4,14H2. The van der Waals surface area contributed by atoms with Crippen molar-refractivity contribution in [2.24, 2.45) is 5.73 Å². The number of aromatic nitrogens is 1. The molecule has 84 valence electrons. The summed E-state index contributed by atoms with van der Waals surface area (Å²) < 4.78 is 31.4. The molecule has 0 fully saturated rings. The average molecular weight is 224 g/mol. The third-order valence-corrected chi connectivity index (χ3v) is 2.11. The molecule has 2 rings (SSSR count). The quantitative estimate of drug-likeness (QED) is 0.868. The Morgan fingerprint density at radius 2 is 2.12 bits per heavy atom. The highest BCUT2D eigenvalue weighted by Gasteiger charge is 2.12. The first-order valence-electron chi connectivity index (χ1n) is 4.80. The molecule has 16 heavy (non-hydrogen) atoms. The molecule has 0 amide bonds. The van der Waals surface area contributed by atoms with Crippen molar-refractivity contribution < 1.29 is 13.2 Å². The highest BCUT2D eigenvalue weighted by Crippen LogP contribution is 2.23. The lowest BCUT2D eigenvalue weighted by Gasteiger charge is -1.97. The van der Waals surface area contributed by atoms with Gasteiger partial charge < -0.3 is 10.2 Å². The van der Waals surface area contributed by atoms with Crippen molar-refractivity contribution >= 4 is 0 Å². The molecule has 0 bridgehead atoms. The van der Waals surface area contributed by atoms with Gasteiger partial charge in [-0.1, -0.05) is 0 Å². The third-order valence-electron chi connectivity index (χ3n) is 2.11. The van der Waals surface area contributed by atoms with Crippen LogP contribution < -0.4 is 5.73 Å². The first-order chi connectivity index (χ1) is 7.70. The van der Waals surface area contributed by atoms with Crippen LogP contribution in [0.15, 0.2) is 28.9 Å². The van der Waals surface area contributed by atoms with Gasteiger partial charge in [0.1, 0.15) is 17.9 Å². The Hall–Kier alpha value is -1.75. The molecule has 0 radical (unpaired) electrons. The number of nitrogens with zero attached hydrogens (tertiary/aromatic N) is 1. The van der Waals surface area contributed by atoms with Crippen LogP contribution >= 0.6 is 0 Å². The highest BCUT2D eigenvalue weighted by molar-refractivity contribution is 5.54. The summed E-state index contributed by atoms with van der Waals surface area (Å²) in [6.07, 6.45) is 1.94. The zero-order valence-corrected chi connectivity index (χ0v) is 8.41. The maximum absolute atomic E-state index is 13.4. The molecular formula is C11H10F2N2O. The minimum absolute atomic E-state index is 0.0169. The summed E-state index contributed by atoms with van der Waals surface area (Å²) in [7, 11) is 0. The number of hydrogen-bond donors (Lipinski definition) is 1. The van der Waals surface area contributed by atoms with Crippen LogP contribution in [-0.4, -0.2) is 11.5 Å². The fraction of sp³-hybridized carbons (Fsp3) is 0.182. The molecule has 2 N–H and O–H groups in total. The summed E-state index contributed by atoms with van der Waals surface area (Å²) in [6, 6.07) is 3.13. The van der Waals surface area contributed by atoms with Crippen LogP contribution in [0.2, 0.25) is 0 Å². The normalized spacial score (nSPS) is 10.7. The summed E-state index contributed by atoms with van der Waals surface area (Å²) >= 11 is 0. The molecule has 0 spiro atoms. The summed E-state index contributed by atoms with van der Waals surface area (Å²) in [5, 5.41) is 0. The molecule has 0 aliphatic rings. The van der Waals surface area contributed by atoms with E-state index in [0.29, 0.717) is 18.7 Å². The summed E-state index contributed by atoms with van der Waals surface area (Å²) in [5.74, 6) is -1.03. The predicted octanol–water partition coefficient (Wildman–Crippen LogP) is 2.12. The minimum Gasteiger partial charge on any atom is -0.444 e. The maximum atomic E-state index is 13.4. The van der Waals surface area contributed by atoms with Crippen molar-refractivity contribution in [3.63, 3.8) is 0 Å². The summed E-state index contributed by atoms with van der Waals surface area (Å²) in [6.45, 7) is 0.428. The second kappa shape index (κ2) is 4.40.